The molecule has 8 atom stereocenters. The van der Waals surface area contributed by atoms with Crippen molar-refractivity contribution in [2.75, 3.05) is 0 Å². The van der Waals surface area contributed by atoms with Gasteiger partial charge in [-0.15, -0.1) is 0 Å². The van der Waals surface area contributed by atoms with Crippen LogP contribution < -0.4 is 0 Å². The van der Waals surface area contributed by atoms with Gasteiger partial charge in [0.15, 0.2) is 5.78 Å². The van der Waals surface area contributed by atoms with E-state index < -0.39 is 0 Å². The van der Waals surface area contributed by atoms with Crippen LogP contribution in [0.15, 0.2) is 68.4 Å². The second-order valence-electron chi connectivity index (χ2n) is 14.9. The van der Waals surface area contributed by atoms with Gasteiger partial charge in [-0.05, 0) is 127 Å². The van der Waals surface area contributed by atoms with E-state index in [0.717, 1.165) is 59.2 Å². The summed E-state index contributed by atoms with van der Waals surface area (Å²) >= 11 is 0. The van der Waals surface area contributed by atoms with Gasteiger partial charge in [0, 0.05) is 11.1 Å². The molecule has 2 heterocycles. The minimum atomic E-state index is 0.00652. The van der Waals surface area contributed by atoms with Crippen molar-refractivity contribution in [2.45, 2.75) is 92.9 Å². The Morgan fingerprint density at radius 3 is 2.22 bits per heavy atom. The van der Waals surface area contributed by atoms with E-state index in [2.05, 4.69) is 47.6 Å². The second-order valence-corrected chi connectivity index (χ2v) is 14.9. The lowest BCUT2D eigenvalue weighted by atomic mass is 9.46. The van der Waals surface area contributed by atoms with E-state index in [-0.39, 0.29) is 17.1 Å². The maximum Gasteiger partial charge on any atom is 0.185 e. The molecule has 0 saturated heterocycles. The van der Waals surface area contributed by atoms with Gasteiger partial charge in [-0.1, -0.05) is 66.0 Å². The van der Waals surface area contributed by atoms with Crippen LogP contribution in [0.5, 0.6) is 0 Å². The Labute approximate surface area is 247 Å². The molecule has 0 N–H and O–H groups in total. The Balaban J connectivity index is 1.32. The average molecular weight is 555 g/mol. The third-order valence-corrected chi connectivity index (χ3v) is 12.5. The first-order chi connectivity index (χ1) is 19.6. The number of fused-ring (bicyclic) bond motifs is 5. The van der Waals surface area contributed by atoms with Crippen LogP contribution in [0.2, 0.25) is 0 Å². The number of carbonyl (C=O) groups excluding carboxylic acids is 1. The summed E-state index contributed by atoms with van der Waals surface area (Å²) in [6, 6.07) is 7.71. The minimum Gasteiger partial charge on any atom is -0.465 e. The zero-order chi connectivity index (χ0) is 28.9. The van der Waals surface area contributed by atoms with Gasteiger partial charge in [0.25, 0.3) is 0 Å². The summed E-state index contributed by atoms with van der Waals surface area (Å²) < 4.78 is 11.4. The lowest BCUT2D eigenvalue weighted by Gasteiger charge is -2.57. The van der Waals surface area contributed by atoms with Crippen molar-refractivity contribution in [1.29, 1.82) is 0 Å². The van der Waals surface area contributed by atoms with E-state index in [9.17, 15) is 4.79 Å². The summed E-state index contributed by atoms with van der Waals surface area (Å²) in [5.74, 6) is 6.26. The fourth-order valence-corrected chi connectivity index (χ4v) is 9.71. The van der Waals surface area contributed by atoms with Crippen molar-refractivity contribution in [2.24, 2.45) is 52.3 Å². The van der Waals surface area contributed by atoms with E-state index in [4.69, 9.17) is 8.83 Å². The molecular formula is C38H50O3. The first-order valence-corrected chi connectivity index (χ1v) is 16.4. The SMILES string of the molecule is CC(C)[C@@H](C)CC[C@@H](C)[C@@H]1CC[C@@H]2C3=CC[C@H]4/C(=C/c5ccco5)C(=O)/C(=C\c5ccco5)C[C@]4(C)[C@H]3CC[C@]21C. The molecule has 0 bridgehead atoms. The number of hydrogen-bond acceptors (Lipinski definition) is 3. The third-order valence-electron chi connectivity index (χ3n) is 12.5. The Hall–Kier alpha value is -2.55. The van der Waals surface area contributed by atoms with Crippen molar-refractivity contribution in [3.05, 3.63) is 71.1 Å². The molecule has 6 rings (SSSR count). The van der Waals surface area contributed by atoms with Crippen LogP contribution >= 0.6 is 0 Å². The summed E-state index contributed by atoms with van der Waals surface area (Å²) in [7, 11) is 0. The molecule has 41 heavy (non-hydrogen) atoms. The fraction of sp³-hybridized carbons (Fsp3) is 0.605. The normalized spacial score (nSPS) is 36.7. The predicted octanol–water partition coefficient (Wildman–Crippen LogP) is 10.4. The molecule has 0 amide bonds. The summed E-state index contributed by atoms with van der Waals surface area (Å²) in [5, 5.41) is 0. The van der Waals surface area contributed by atoms with Crippen molar-refractivity contribution in [3.8, 4) is 0 Å². The zero-order valence-electron chi connectivity index (χ0n) is 26.1. The molecule has 3 fully saturated rings. The largest absolute Gasteiger partial charge is 0.465 e. The van der Waals surface area contributed by atoms with E-state index in [0.29, 0.717) is 17.3 Å². The molecule has 2 aromatic heterocycles. The highest BCUT2D eigenvalue weighted by molar-refractivity contribution is 6.14. The number of ketones is 1. The van der Waals surface area contributed by atoms with Gasteiger partial charge in [-0.25, -0.2) is 0 Å². The van der Waals surface area contributed by atoms with E-state index in [1.807, 2.05) is 36.4 Å². The first kappa shape index (κ1) is 28.6. The molecule has 0 radical (unpaired) electrons. The highest BCUT2D eigenvalue weighted by Gasteiger charge is 2.59. The molecule has 0 spiro atoms. The number of furan rings is 2. The average Bonchev–Trinajstić information content (AvgIpc) is 3.71. The summed E-state index contributed by atoms with van der Waals surface area (Å²) in [6.07, 6.45) is 19.7. The highest BCUT2D eigenvalue weighted by atomic mass is 16.3. The zero-order valence-corrected chi connectivity index (χ0v) is 26.1. The summed E-state index contributed by atoms with van der Waals surface area (Å²) in [6.45, 7) is 14.8. The third kappa shape index (κ3) is 4.96. The van der Waals surface area contributed by atoms with E-state index in [1.165, 1.54) is 38.5 Å². The standard InChI is InChI=1S/C38H50O3/c1-24(2)25(3)11-12-26(4)32-15-16-33-30-13-14-34-31(22-29-10-8-20-41-29)36(39)27(21-28-9-7-19-40-28)23-38(34,6)35(30)17-18-37(32,33)5/h7-10,13,19-22,24-26,32-35H,11-12,14-18,23H2,1-6H3/b27-21-,31-22-/t25-,26+,32-,33+,34-,35-,37-,38-/m0/s1. The Bertz CT molecular complexity index is 1320. The predicted molar refractivity (Wildman–Crippen MR) is 167 cm³/mol. The van der Waals surface area contributed by atoms with Crippen molar-refractivity contribution in [1.82, 2.24) is 0 Å². The van der Waals surface area contributed by atoms with Gasteiger partial charge < -0.3 is 8.83 Å². The van der Waals surface area contributed by atoms with Gasteiger partial charge in [0.2, 0.25) is 0 Å². The molecular weight excluding hydrogens is 504 g/mol. The van der Waals surface area contributed by atoms with E-state index >= 15 is 0 Å². The summed E-state index contributed by atoms with van der Waals surface area (Å²) in [4.78, 5) is 14.0. The van der Waals surface area contributed by atoms with Crippen molar-refractivity contribution in [3.63, 3.8) is 0 Å². The Morgan fingerprint density at radius 1 is 0.878 bits per heavy atom. The van der Waals surface area contributed by atoms with Crippen LogP contribution in [0.4, 0.5) is 0 Å². The molecule has 0 aliphatic heterocycles. The Morgan fingerprint density at radius 2 is 1.56 bits per heavy atom. The van der Waals surface area contributed by atoms with Crippen LogP contribution in [-0.2, 0) is 4.79 Å². The number of hydrogen-bond donors (Lipinski definition) is 0. The van der Waals surface area contributed by atoms with Crippen LogP contribution in [0, 0.1) is 52.3 Å². The quantitative estimate of drug-likeness (QED) is 0.252. The molecule has 3 nitrogen and oxygen atoms in total. The lowest BCUT2D eigenvalue weighted by Crippen LogP contribution is -2.50. The van der Waals surface area contributed by atoms with Gasteiger partial charge >= 0.3 is 0 Å². The number of rotatable bonds is 7. The molecule has 0 aromatic carbocycles. The first-order valence-electron chi connectivity index (χ1n) is 16.4. The molecule has 0 unspecified atom stereocenters. The minimum absolute atomic E-state index is 0.00652. The molecule has 4 aliphatic rings. The molecule has 3 saturated carbocycles. The van der Waals surface area contributed by atoms with Crippen LogP contribution in [0.3, 0.4) is 0 Å². The number of Topliss-reactive ketones (excluding diaryl/α,β-unsaturated/α-hetero) is 1. The second kappa shape index (κ2) is 10.9. The van der Waals surface area contributed by atoms with Gasteiger partial charge in [0.1, 0.15) is 11.5 Å². The molecule has 4 aliphatic carbocycles. The molecule has 220 valence electrons. The van der Waals surface area contributed by atoms with Crippen LogP contribution in [0.1, 0.15) is 104 Å². The maximum atomic E-state index is 14.0. The number of allylic oxidation sites excluding steroid dienone is 4. The maximum absolute atomic E-state index is 14.0. The van der Waals surface area contributed by atoms with Gasteiger partial charge in [0.05, 0.1) is 12.5 Å². The van der Waals surface area contributed by atoms with Crippen LogP contribution in [0.25, 0.3) is 12.2 Å². The molecule has 2 aromatic rings. The monoisotopic (exact) mass is 554 g/mol. The highest BCUT2D eigenvalue weighted by Crippen LogP contribution is 2.67. The van der Waals surface area contributed by atoms with Crippen LogP contribution in [-0.4, -0.2) is 5.78 Å². The number of carbonyl (C=O) groups is 1. The van der Waals surface area contributed by atoms with Gasteiger partial charge in [-0.3, -0.25) is 4.79 Å². The lowest BCUT2D eigenvalue weighted by molar-refractivity contribution is -0.115. The smallest absolute Gasteiger partial charge is 0.185 e. The van der Waals surface area contributed by atoms with Gasteiger partial charge in [-0.2, -0.15) is 0 Å². The summed E-state index contributed by atoms with van der Waals surface area (Å²) in [5.41, 5.74) is 3.92. The Kier molecular flexibility index (Phi) is 7.62. The fourth-order valence-electron chi connectivity index (χ4n) is 9.71. The van der Waals surface area contributed by atoms with Crippen molar-refractivity contribution >= 4 is 17.9 Å². The van der Waals surface area contributed by atoms with E-state index in [1.54, 1.807) is 18.1 Å². The van der Waals surface area contributed by atoms with Crippen molar-refractivity contribution < 1.29 is 13.6 Å². The molecule has 3 heteroatoms. The topological polar surface area (TPSA) is 43.4 Å².